The van der Waals surface area contributed by atoms with Crippen LogP contribution in [0.5, 0.6) is 0 Å². The molecule has 0 spiro atoms. The fourth-order valence-corrected chi connectivity index (χ4v) is 2.21. The van der Waals surface area contributed by atoms with Gasteiger partial charge < -0.3 is 5.32 Å². The van der Waals surface area contributed by atoms with Crippen molar-refractivity contribution in [3.63, 3.8) is 0 Å². The minimum Gasteiger partial charge on any atom is -0.312 e. The highest BCUT2D eigenvalue weighted by Crippen LogP contribution is 2.29. The predicted octanol–water partition coefficient (Wildman–Crippen LogP) is 3.89. The fourth-order valence-electron chi connectivity index (χ4n) is 1.48. The van der Waals surface area contributed by atoms with Gasteiger partial charge in [-0.3, -0.25) is 4.79 Å². The third-order valence-electron chi connectivity index (χ3n) is 2.49. The molecule has 1 aromatic heterocycles. The van der Waals surface area contributed by atoms with Gasteiger partial charge in [0.1, 0.15) is 11.1 Å². The van der Waals surface area contributed by atoms with Crippen molar-refractivity contribution < 1.29 is 18.0 Å². The highest BCUT2D eigenvalue weighted by atomic mass is 32.1. The van der Waals surface area contributed by atoms with E-state index in [0.717, 1.165) is 24.3 Å². The molecule has 0 atom stereocenters. The van der Waals surface area contributed by atoms with E-state index >= 15 is 0 Å². The van der Waals surface area contributed by atoms with Crippen molar-refractivity contribution in [3.05, 3.63) is 52.4 Å². The van der Waals surface area contributed by atoms with Crippen molar-refractivity contribution >= 4 is 22.2 Å². The number of amides is 1. The number of carbonyl (C=O) groups excluding carboxylic acids is 1. The number of nitrogens with zero attached hydrogens (tertiary/aromatic N) is 1. The molecule has 7 heteroatoms. The Bertz CT molecular complexity index is 668. The lowest BCUT2D eigenvalue weighted by Gasteiger charge is -2.07. The summed E-state index contributed by atoms with van der Waals surface area (Å²) in [6, 6.07) is 7.33. The molecular formula is C13H7F3N2OS. The number of thiophene rings is 1. The first kappa shape index (κ1) is 14.1. The molecule has 0 saturated carbocycles. The summed E-state index contributed by atoms with van der Waals surface area (Å²) in [6.07, 6.45) is -4.43. The molecule has 1 amide bonds. The lowest BCUT2D eigenvalue weighted by Crippen LogP contribution is -2.12. The van der Waals surface area contributed by atoms with E-state index in [4.69, 9.17) is 5.26 Å². The molecule has 0 saturated heterocycles. The topological polar surface area (TPSA) is 52.9 Å². The molecule has 102 valence electrons. The van der Waals surface area contributed by atoms with E-state index in [2.05, 4.69) is 5.32 Å². The number of alkyl halides is 3. The number of nitrogens with one attached hydrogen (secondary N) is 1. The van der Waals surface area contributed by atoms with Gasteiger partial charge in [-0.15, -0.1) is 11.3 Å². The van der Waals surface area contributed by atoms with E-state index in [9.17, 15) is 18.0 Å². The van der Waals surface area contributed by atoms with Crippen LogP contribution in [0.1, 0.15) is 21.5 Å². The molecule has 0 bridgehead atoms. The van der Waals surface area contributed by atoms with Gasteiger partial charge in [0.05, 0.1) is 11.1 Å². The van der Waals surface area contributed by atoms with Crippen molar-refractivity contribution in [3.8, 4) is 6.07 Å². The van der Waals surface area contributed by atoms with Crippen molar-refractivity contribution in [1.29, 1.82) is 5.26 Å². The van der Waals surface area contributed by atoms with E-state index in [1.807, 2.05) is 6.07 Å². The number of benzene rings is 1. The third-order valence-corrected chi connectivity index (χ3v) is 3.32. The maximum atomic E-state index is 12.4. The highest BCUT2D eigenvalue weighted by Gasteiger charge is 2.30. The average molecular weight is 296 g/mol. The van der Waals surface area contributed by atoms with Gasteiger partial charge in [0.2, 0.25) is 0 Å². The van der Waals surface area contributed by atoms with Crippen LogP contribution >= 0.6 is 11.3 Å². The predicted molar refractivity (Wildman–Crippen MR) is 68.4 cm³/mol. The minimum absolute atomic E-state index is 0.0929. The second-order valence-electron chi connectivity index (χ2n) is 3.80. The third kappa shape index (κ3) is 2.97. The smallest absolute Gasteiger partial charge is 0.312 e. The quantitative estimate of drug-likeness (QED) is 0.914. The van der Waals surface area contributed by atoms with Gasteiger partial charge in [0.25, 0.3) is 5.91 Å². The van der Waals surface area contributed by atoms with Crippen molar-refractivity contribution in [1.82, 2.24) is 0 Å². The van der Waals surface area contributed by atoms with Crippen molar-refractivity contribution in [2.24, 2.45) is 0 Å². The second kappa shape index (κ2) is 5.35. The number of rotatable bonds is 2. The summed E-state index contributed by atoms with van der Waals surface area (Å²) in [5, 5.41) is 13.3. The van der Waals surface area contributed by atoms with Crippen LogP contribution in [0.3, 0.4) is 0 Å². The Hall–Kier alpha value is -2.33. The second-order valence-corrected chi connectivity index (χ2v) is 4.72. The minimum atomic E-state index is -4.43. The molecule has 20 heavy (non-hydrogen) atoms. The molecule has 0 aliphatic rings. The van der Waals surface area contributed by atoms with E-state index in [1.165, 1.54) is 11.3 Å². The maximum absolute atomic E-state index is 12.4. The number of anilines is 1. The number of hydrogen-bond donors (Lipinski definition) is 1. The van der Waals surface area contributed by atoms with Crippen LogP contribution in [0, 0.1) is 11.3 Å². The molecule has 2 aromatic rings. The van der Waals surface area contributed by atoms with E-state index < -0.39 is 17.6 Å². The Labute approximate surface area is 116 Å². The van der Waals surface area contributed by atoms with Gasteiger partial charge in [-0.25, -0.2) is 0 Å². The molecule has 1 aromatic carbocycles. The summed E-state index contributed by atoms with van der Waals surface area (Å²) in [7, 11) is 0. The average Bonchev–Trinajstić information content (AvgIpc) is 2.85. The van der Waals surface area contributed by atoms with Gasteiger partial charge in [0, 0.05) is 5.56 Å². The normalized spacial score (nSPS) is 10.9. The summed E-state index contributed by atoms with van der Waals surface area (Å²) in [5.74, 6) is -0.558. The molecule has 3 nitrogen and oxygen atoms in total. The van der Waals surface area contributed by atoms with Gasteiger partial charge in [0.15, 0.2) is 0 Å². The largest absolute Gasteiger partial charge is 0.416 e. The monoisotopic (exact) mass is 296 g/mol. The number of hydrogen-bond acceptors (Lipinski definition) is 3. The van der Waals surface area contributed by atoms with Crippen LogP contribution in [0.4, 0.5) is 18.2 Å². The Balaban J connectivity index is 2.17. The molecule has 1 N–H and O–H groups in total. The summed E-state index contributed by atoms with van der Waals surface area (Å²) < 4.78 is 37.2. The first-order chi connectivity index (χ1) is 9.41. The van der Waals surface area contributed by atoms with Crippen LogP contribution in [-0.2, 0) is 6.18 Å². The zero-order valence-electron chi connectivity index (χ0n) is 9.86. The summed E-state index contributed by atoms with van der Waals surface area (Å²) in [4.78, 5) is 11.8. The zero-order chi connectivity index (χ0) is 14.8. The number of carbonyl (C=O) groups is 1. The van der Waals surface area contributed by atoms with Crippen molar-refractivity contribution in [2.75, 3.05) is 5.32 Å². The van der Waals surface area contributed by atoms with Crippen molar-refractivity contribution in [2.45, 2.75) is 6.18 Å². The van der Waals surface area contributed by atoms with Gasteiger partial charge in [-0.2, -0.15) is 18.4 Å². The molecule has 0 aliphatic carbocycles. The molecule has 0 aliphatic heterocycles. The fraction of sp³-hybridized carbons (Fsp3) is 0.0769. The SMILES string of the molecule is N#Cc1ccsc1NC(=O)c1ccc(C(F)(F)F)cc1. The number of halogens is 3. The van der Waals surface area contributed by atoms with Crippen LogP contribution in [0.25, 0.3) is 0 Å². The molecule has 0 unspecified atom stereocenters. The standard InChI is InChI=1S/C13H7F3N2OS/c14-13(15,16)10-3-1-8(2-4-10)11(19)18-12-9(7-17)5-6-20-12/h1-6H,(H,18,19). The van der Waals surface area contributed by atoms with Gasteiger partial charge in [-0.1, -0.05) is 0 Å². The van der Waals surface area contributed by atoms with E-state index in [1.54, 1.807) is 11.4 Å². The molecule has 0 radical (unpaired) electrons. The molecule has 2 rings (SSSR count). The Morgan fingerprint density at radius 1 is 1.20 bits per heavy atom. The molecule has 1 heterocycles. The first-order valence-electron chi connectivity index (χ1n) is 5.38. The lowest BCUT2D eigenvalue weighted by atomic mass is 10.1. The molecule has 0 fully saturated rings. The Kier molecular flexibility index (Phi) is 3.77. The summed E-state index contributed by atoms with van der Waals surface area (Å²) >= 11 is 1.17. The van der Waals surface area contributed by atoms with E-state index in [-0.39, 0.29) is 5.56 Å². The Morgan fingerprint density at radius 3 is 2.40 bits per heavy atom. The van der Waals surface area contributed by atoms with Gasteiger partial charge in [-0.05, 0) is 35.7 Å². The lowest BCUT2D eigenvalue weighted by molar-refractivity contribution is -0.137. The van der Waals surface area contributed by atoms with E-state index in [0.29, 0.717) is 10.6 Å². The first-order valence-corrected chi connectivity index (χ1v) is 6.26. The van der Waals surface area contributed by atoms with Crippen LogP contribution < -0.4 is 5.32 Å². The highest BCUT2D eigenvalue weighted by molar-refractivity contribution is 7.14. The van der Waals surface area contributed by atoms with Crippen LogP contribution in [-0.4, -0.2) is 5.91 Å². The van der Waals surface area contributed by atoms with Crippen LogP contribution in [0.2, 0.25) is 0 Å². The Morgan fingerprint density at radius 2 is 1.85 bits per heavy atom. The number of nitriles is 1. The summed E-state index contributed by atoms with van der Waals surface area (Å²) in [6.45, 7) is 0. The maximum Gasteiger partial charge on any atom is 0.416 e. The zero-order valence-corrected chi connectivity index (χ0v) is 10.7. The summed E-state index contributed by atoms with van der Waals surface area (Å²) in [5.41, 5.74) is -0.409. The van der Waals surface area contributed by atoms with Gasteiger partial charge >= 0.3 is 6.18 Å². The van der Waals surface area contributed by atoms with Crippen LogP contribution in [0.15, 0.2) is 35.7 Å². The molecular weight excluding hydrogens is 289 g/mol.